The third-order valence-electron chi connectivity index (χ3n) is 3.18. The van der Waals surface area contributed by atoms with Crippen LogP contribution in [0.1, 0.15) is 17.4 Å². The van der Waals surface area contributed by atoms with Crippen LogP contribution < -0.4 is 5.32 Å². The van der Waals surface area contributed by atoms with E-state index in [1.165, 1.54) is 16.2 Å². The van der Waals surface area contributed by atoms with Gasteiger partial charge in [0.2, 0.25) is 11.8 Å². The molecule has 6 nitrogen and oxygen atoms in total. The summed E-state index contributed by atoms with van der Waals surface area (Å²) in [5.74, 6) is -1.34. The van der Waals surface area contributed by atoms with Crippen LogP contribution in [-0.2, 0) is 9.59 Å². The Bertz CT molecular complexity index is 708. The molecule has 1 fully saturated rings. The van der Waals surface area contributed by atoms with Gasteiger partial charge in [0.1, 0.15) is 23.3 Å². The van der Waals surface area contributed by atoms with Gasteiger partial charge in [-0.25, -0.2) is 4.98 Å². The van der Waals surface area contributed by atoms with E-state index < -0.39 is 23.8 Å². The Labute approximate surface area is 128 Å². The van der Waals surface area contributed by atoms with E-state index in [1.807, 2.05) is 16.8 Å². The van der Waals surface area contributed by atoms with E-state index in [0.29, 0.717) is 0 Å². The van der Waals surface area contributed by atoms with Gasteiger partial charge in [0.25, 0.3) is 5.91 Å². The van der Waals surface area contributed by atoms with Gasteiger partial charge in [-0.2, -0.15) is 11.3 Å². The molecule has 1 unspecified atom stereocenters. The summed E-state index contributed by atoms with van der Waals surface area (Å²) in [6.45, 7) is 1.46. The molecule has 21 heavy (non-hydrogen) atoms. The molecule has 3 rings (SSSR count). The SMILES string of the molecule is CC1C(=O)NC(=O)CN1C(=O)c1csc(-c2ccsc2)n1. The number of carbonyl (C=O) groups excluding carboxylic acids is 3. The topological polar surface area (TPSA) is 79.4 Å². The Morgan fingerprint density at radius 1 is 1.43 bits per heavy atom. The van der Waals surface area contributed by atoms with Gasteiger partial charge in [-0.1, -0.05) is 0 Å². The number of hydrogen-bond donors (Lipinski definition) is 1. The Morgan fingerprint density at radius 2 is 2.24 bits per heavy atom. The number of thiophene rings is 1. The quantitative estimate of drug-likeness (QED) is 0.847. The second kappa shape index (κ2) is 5.38. The fourth-order valence-electron chi connectivity index (χ4n) is 2.00. The minimum absolute atomic E-state index is 0.128. The third kappa shape index (κ3) is 2.59. The minimum Gasteiger partial charge on any atom is -0.316 e. The second-order valence-corrected chi connectivity index (χ2v) is 6.21. The van der Waals surface area contributed by atoms with Gasteiger partial charge in [-0.3, -0.25) is 19.7 Å². The molecule has 1 aliphatic heterocycles. The molecule has 0 aromatic carbocycles. The van der Waals surface area contributed by atoms with E-state index in [2.05, 4.69) is 10.3 Å². The number of nitrogens with one attached hydrogen (secondary N) is 1. The average molecular weight is 321 g/mol. The molecule has 1 N–H and O–H groups in total. The highest BCUT2D eigenvalue weighted by Crippen LogP contribution is 2.26. The summed E-state index contributed by atoms with van der Waals surface area (Å²) in [7, 11) is 0. The lowest BCUT2D eigenvalue weighted by molar-refractivity contribution is -0.138. The van der Waals surface area contributed by atoms with Gasteiger partial charge in [0, 0.05) is 16.3 Å². The lowest BCUT2D eigenvalue weighted by Crippen LogP contribution is -2.58. The first-order valence-corrected chi connectivity index (χ1v) is 8.01. The molecule has 0 spiro atoms. The predicted octanol–water partition coefficient (Wildman–Crippen LogP) is 1.36. The highest BCUT2D eigenvalue weighted by molar-refractivity contribution is 7.14. The van der Waals surface area contributed by atoms with E-state index >= 15 is 0 Å². The van der Waals surface area contributed by atoms with Crippen molar-refractivity contribution in [3.05, 3.63) is 27.9 Å². The second-order valence-electron chi connectivity index (χ2n) is 4.57. The number of thiazole rings is 1. The van der Waals surface area contributed by atoms with Gasteiger partial charge in [0.05, 0.1) is 0 Å². The van der Waals surface area contributed by atoms with Gasteiger partial charge < -0.3 is 4.90 Å². The molecule has 3 heterocycles. The smallest absolute Gasteiger partial charge is 0.274 e. The van der Waals surface area contributed by atoms with E-state index in [9.17, 15) is 14.4 Å². The van der Waals surface area contributed by atoms with Crippen LogP contribution in [0, 0.1) is 0 Å². The number of aromatic nitrogens is 1. The van der Waals surface area contributed by atoms with Crippen LogP contribution >= 0.6 is 22.7 Å². The van der Waals surface area contributed by atoms with Crippen molar-refractivity contribution in [2.75, 3.05) is 6.54 Å². The summed E-state index contributed by atoms with van der Waals surface area (Å²) in [5.41, 5.74) is 1.22. The zero-order valence-electron chi connectivity index (χ0n) is 11.0. The maximum absolute atomic E-state index is 12.4. The summed E-state index contributed by atoms with van der Waals surface area (Å²) < 4.78 is 0. The lowest BCUT2D eigenvalue weighted by Gasteiger charge is -2.31. The number of rotatable bonds is 2. The van der Waals surface area contributed by atoms with Crippen molar-refractivity contribution in [1.82, 2.24) is 15.2 Å². The summed E-state index contributed by atoms with van der Waals surface area (Å²) in [6, 6.07) is 1.25. The summed E-state index contributed by atoms with van der Waals surface area (Å²) in [5, 5.41) is 8.50. The van der Waals surface area contributed by atoms with Gasteiger partial charge >= 0.3 is 0 Å². The van der Waals surface area contributed by atoms with E-state index in [4.69, 9.17) is 0 Å². The molecule has 108 valence electrons. The van der Waals surface area contributed by atoms with Gasteiger partial charge in [0.15, 0.2) is 0 Å². The molecule has 0 radical (unpaired) electrons. The summed E-state index contributed by atoms with van der Waals surface area (Å²) in [4.78, 5) is 41.0. The molecule has 8 heteroatoms. The number of carbonyl (C=O) groups is 3. The third-order valence-corrected chi connectivity index (χ3v) is 4.75. The van der Waals surface area contributed by atoms with Crippen molar-refractivity contribution in [3.8, 4) is 10.6 Å². The Hall–Kier alpha value is -2.06. The first kappa shape index (κ1) is 13.9. The molecule has 1 saturated heterocycles. The summed E-state index contributed by atoms with van der Waals surface area (Å²) >= 11 is 2.92. The van der Waals surface area contributed by atoms with Gasteiger partial charge in [-0.05, 0) is 18.4 Å². The van der Waals surface area contributed by atoms with Crippen molar-refractivity contribution in [2.45, 2.75) is 13.0 Å². The highest BCUT2D eigenvalue weighted by Gasteiger charge is 2.34. The van der Waals surface area contributed by atoms with Crippen LogP contribution in [0.2, 0.25) is 0 Å². The monoisotopic (exact) mass is 321 g/mol. The Kier molecular flexibility index (Phi) is 3.56. The maximum atomic E-state index is 12.4. The molecule has 0 aliphatic carbocycles. The minimum atomic E-state index is -0.679. The fraction of sp³-hybridized carbons (Fsp3) is 0.231. The first-order valence-electron chi connectivity index (χ1n) is 6.19. The molecule has 2 aromatic heterocycles. The van der Waals surface area contributed by atoms with Crippen molar-refractivity contribution in [1.29, 1.82) is 0 Å². The molecule has 3 amide bonds. The van der Waals surface area contributed by atoms with E-state index in [0.717, 1.165) is 10.6 Å². The first-order chi connectivity index (χ1) is 10.1. The average Bonchev–Trinajstić information content (AvgIpc) is 3.11. The number of amides is 3. The largest absolute Gasteiger partial charge is 0.316 e. The van der Waals surface area contributed by atoms with Crippen LogP contribution in [0.3, 0.4) is 0 Å². The molecule has 1 atom stereocenters. The molecule has 1 aliphatic rings. The number of imide groups is 1. The standard InChI is InChI=1S/C13H11N3O3S2/c1-7-11(18)15-10(17)4-16(7)13(19)9-6-21-12(14-9)8-2-3-20-5-8/h2-3,5-7H,4H2,1H3,(H,15,17,18). The fourth-order valence-corrected chi connectivity index (χ4v) is 3.51. The van der Waals surface area contributed by atoms with Crippen molar-refractivity contribution in [3.63, 3.8) is 0 Å². The predicted molar refractivity (Wildman–Crippen MR) is 79.1 cm³/mol. The van der Waals surface area contributed by atoms with Crippen LogP contribution in [0.4, 0.5) is 0 Å². The van der Waals surface area contributed by atoms with Crippen molar-refractivity contribution in [2.24, 2.45) is 0 Å². The highest BCUT2D eigenvalue weighted by atomic mass is 32.1. The molecule has 0 bridgehead atoms. The Morgan fingerprint density at radius 3 is 2.95 bits per heavy atom. The van der Waals surface area contributed by atoms with Crippen LogP contribution in [0.5, 0.6) is 0 Å². The van der Waals surface area contributed by atoms with E-state index in [1.54, 1.807) is 23.6 Å². The Balaban J connectivity index is 1.85. The molecular weight excluding hydrogens is 310 g/mol. The normalized spacial score (nSPS) is 18.7. The molecular formula is C13H11N3O3S2. The molecule has 0 saturated carbocycles. The van der Waals surface area contributed by atoms with Crippen LogP contribution in [-0.4, -0.2) is 40.2 Å². The number of piperazine rings is 1. The number of hydrogen-bond acceptors (Lipinski definition) is 6. The lowest BCUT2D eigenvalue weighted by atomic mass is 10.2. The molecule has 2 aromatic rings. The zero-order chi connectivity index (χ0) is 15.0. The maximum Gasteiger partial charge on any atom is 0.274 e. The summed E-state index contributed by atoms with van der Waals surface area (Å²) in [6.07, 6.45) is 0. The van der Waals surface area contributed by atoms with Gasteiger partial charge in [-0.15, -0.1) is 11.3 Å². The van der Waals surface area contributed by atoms with E-state index in [-0.39, 0.29) is 12.2 Å². The van der Waals surface area contributed by atoms with Crippen LogP contribution in [0.25, 0.3) is 10.6 Å². The number of nitrogens with zero attached hydrogens (tertiary/aromatic N) is 2. The zero-order valence-corrected chi connectivity index (χ0v) is 12.7. The van der Waals surface area contributed by atoms with Crippen molar-refractivity contribution < 1.29 is 14.4 Å². The van der Waals surface area contributed by atoms with Crippen LogP contribution in [0.15, 0.2) is 22.2 Å². The van der Waals surface area contributed by atoms with Crippen molar-refractivity contribution >= 4 is 40.4 Å².